The third-order valence-corrected chi connectivity index (χ3v) is 3.95. The van der Waals surface area contributed by atoms with Crippen molar-refractivity contribution >= 4 is 17.0 Å². The van der Waals surface area contributed by atoms with Crippen molar-refractivity contribution in [2.75, 3.05) is 13.2 Å². The van der Waals surface area contributed by atoms with Gasteiger partial charge in [-0.3, -0.25) is 8.98 Å². The van der Waals surface area contributed by atoms with Crippen LogP contribution in [0.15, 0.2) is 53.5 Å². The van der Waals surface area contributed by atoms with Crippen molar-refractivity contribution in [2.24, 2.45) is 0 Å². The molecule has 4 nitrogen and oxygen atoms in total. The molecule has 0 aliphatic rings. The second kappa shape index (κ2) is 11.8. The van der Waals surface area contributed by atoms with Gasteiger partial charge in [0, 0.05) is 6.92 Å². The summed E-state index contributed by atoms with van der Waals surface area (Å²) in [4.78, 5) is 11.2. The number of rotatable bonds is 10. The number of hydrogen-bond acceptors (Lipinski definition) is 4. The fourth-order valence-corrected chi connectivity index (χ4v) is 2.41. The second-order valence-corrected chi connectivity index (χ2v) is 6.19. The molecule has 0 aliphatic heterocycles. The molecule has 0 saturated heterocycles. The lowest BCUT2D eigenvalue weighted by molar-refractivity contribution is -0.139. The molecule has 1 rings (SSSR count). The number of carbonyl (C=O) groups is 1. The zero-order valence-electron chi connectivity index (χ0n) is 13.7. The summed E-state index contributed by atoms with van der Waals surface area (Å²) < 4.78 is 21.9. The minimum Gasteiger partial charge on any atom is -0.462 e. The van der Waals surface area contributed by atoms with E-state index in [-0.39, 0.29) is 5.97 Å². The number of carbonyl (C=O) groups excluding carboxylic acids is 1. The van der Waals surface area contributed by atoms with E-state index in [1.807, 2.05) is 55.5 Å². The van der Waals surface area contributed by atoms with Crippen molar-refractivity contribution in [3.8, 4) is 0 Å². The van der Waals surface area contributed by atoms with Gasteiger partial charge in [-0.2, -0.15) is 0 Å². The average Bonchev–Trinajstić information content (AvgIpc) is 2.52. The fourth-order valence-electron chi connectivity index (χ4n) is 1.71. The molecule has 0 fully saturated rings. The average molecular weight is 336 g/mol. The van der Waals surface area contributed by atoms with Crippen LogP contribution >= 0.6 is 0 Å². The second-order valence-electron chi connectivity index (χ2n) is 5.01. The lowest BCUT2D eigenvalue weighted by Gasteiger charge is -2.01. The van der Waals surface area contributed by atoms with E-state index in [0.29, 0.717) is 18.1 Å². The molecule has 0 aliphatic carbocycles. The van der Waals surface area contributed by atoms with Gasteiger partial charge >= 0.3 is 5.97 Å². The van der Waals surface area contributed by atoms with E-state index in [9.17, 15) is 9.00 Å². The molecule has 0 N–H and O–H groups in total. The number of ether oxygens (including phenoxy) is 1. The number of benzene rings is 1. The Morgan fingerprint density at radius 1 is 1.04 bits per heavy atom. The monoisotopic (exact) mass is 336 g/mol. The smallest absolute Gasteiger partial charge is 0.302 e. The van der Waals surface area contributed by atoms with Crippen LogP contribution in [0.5, 0.6) is 0 Å². The number of unbranched alkanes of at least 4 members (excludes halogenated alkanes) is 2. The molecule has 1 unspecified atom stereocenters. The predicted octanol–water partition coefficient (Wildman–Crippen LogP) is 3.88. The molecule has 5 heteroatoms. The van der Waals surface area contributed by atoms with Crippen molar-refractivity contribution in [2.45, 2.75) is 38.0 Å². The van der Waals surface area contributed by atoms with Crippen molar-refractivity contribution in [3.63, 3.8) is 0 Å². The summed E-state index contributed by atoms with van der Waals surface area (Å²) in [6, 6.07) is 7.47. The predicted molar refractivity (Wildman–Crippen MR) is 92.3 cm³/mol. The highest BCUT2D eigenvalue weighted by molar-refractivity contribution is 7.80. The molecule has 1 atom stereocenters. The Hall–Kier alpha value is -1.72. The standard InChI is InChI=1S/C18H24O4S/c1-16-10-12-18(13-11-16)23(20)22-15-9-7-5-3-4-6-8-14-21-17(2)19/h6-13H,3-5,14-15H2,1-2H3/b8-6+,9-7+. The zero-order valence-corrected chi connectivity index (χ0v) is 14.5. The summed E-state index contributed by atoms with van der Waals surface area (Å²) in [6.07, 6.45) is 10.6. The highest BCUT2D eigenvalue weighted by atomic mass is 32.2. The highest BCUT2D eigenvalue weighted by Gasteiger charge is 2.02. The van der Waals surface area contributed by atoms with Crippen LogP contribution in [0.25, 0.3) is 0 Å². The van der Waals surface area contributed by atoms with Crippen LogP contribution in [0.3, 0.4) is 0 Å². The van der Waals surface area contributed by atoms with E-state index in [1.54, 1.807) is 0 Å². The van der Waals surface area contributed by atoms with Crippen LogP contribution in [0.2, 0.25) is 0 Å². The van der Waals surface area contributed by atoms with E-state index in [2.05, 4.69) is 0 Å². The fraction of sp³-hybridized carbons (Fsp3) is 0.389. The molecule has 0 radical (unpaired) electrons. The maximum atomic E-state index is 11.8. The minimum atomic E-state index is -1.41. The van der Waals surface area contributed by atoms with Crippen LogP contribution < -0.4 is 0 Å². The Balaban J connectivity index is 2.07. The van der Waals surface area contributed by atoms with Crippen LogP contribution in [0.4, 0.5) is 0 Å². The minimum absolute atomic E-state index is 0.263. The number of aryl methyl sites for hydroxylation is 1. The SMILES string of the molecule is CC(=O)OC/C=C/CCC/C=C/COS(=O)c1ccc(C)cc1. The van der Waals surface area contributed by atoms with E-state index in [0.717, 1.165) is 24.8 Å². The van der Waals surface area contributed by atoms with Gasteiger partial charge in [0.2, 0.25) is 0 Å². The lowest BCUT2D eigenvalue weighted by Crippen LogP contribution is -1.97. The first-order chi connectivity index (χ1) is 11.1. The van der Waals surface area contributed by atoms with Gasteiger partial charge in [0.05, 0.1) is 11.5 Å². The van der Waals surface area contributed by atoms with Gasteiger partial charge in [0.25, 0.3) is 0 Å². The Morgan fingerprint density at radius 2 is 1.65 bits per heavy atom. The maximum Gasteiger partial charge on any atom is 0.302 e. The third-order valence-electron chi connectivity index (χ3n) is 2.94. The van der Waals surface area contributed by atoms with Gasteiger partial charge in [-0.15, -0.1) is 0 Å². The van der Waals surface area contributed by atoms with Gasteiger partial charge in [-0.25, -0.2) is 4.21 Å². The molecule has 126 valence electrons. The van der Waals surface area contributed by atoms with Crippen LogP contribution in [0.1, 0.15) is 31.7 Å². The van der Waals surface area contributed by atoms with E-state index in [1.165, 1.54) is 6.92 Å². The lowest BCUT2D eigenvalue weighted by atomic mass is 10.2. The van der Waals surface area contributed by atoms with E-state index in [4.69, 9.17) is 8.92 Å². The van der Waals surface area contributed by atoms with Crippen molar-refractivity contribution in [3.05, 3.63) is 54.1 Å². The molecule has 0 aromatic heterocycles. The molecule has 23 heavy (non-hydrogen) atoms. The highest BCUT2D eigenvalue weighted by Crippen LogP contribution is 2.09. The maximum absolute atomic E-state index is 11.8. The van der Waals surface area contributed by atoms with E-state index >= 15 is 0 Å². The van der Waals surface area contributed by atoms with Crippen molar-refractivity contribution in [1.29, 1.82) is 0 Å². The first-order valence-electron chi connectivity index (χ1n) is 7.64. The molecular weight excluding hydrogens is 312 g/mol. The summed E-state index contributed by atoms with van der Waals surface area (Å²) in [5.74, 6) is -0.263. The molecular formula is C18H24O4S. The van der Waals surface area contributed by atoms with Crippen LogP contribution in [-0.4, -0.2) is 23.4 Å². The summed E-state index contributed by atoms with van der Waals surface area (Å²) in [5, 5.41) is 0. The molecule has 0 heterocycles. The van der Waals surface area contributed by atoms with Gasteiger partial charge < -0.3 is 4.74 Å². The molecule has 0 spiro atoms. The summed E-state index contributed by atoms with van der Waals surface area (Å²) in [7, 11) is 0. The Morgan fingerprint density at radius 3 is 2.26 bits per heavy atom. The number of hydrogen-bond donors (Lipinski definition) is 0. The van der Waals surface area contributed by atoms with Gasteiger partial charge in [-0.1, -0.05) is 42.0 Å². The Labute approximate surface area is 140 Å². The van der Waals surface area contributed by atoms with Crippen LogP contribution in [-0.2, 0) is 24.8 Å². The normalized spacial score (nSPS) is 12.8. The topological polar surface area (TPSA) is 52.6 Å². The molecule has 0 saturated carbocycles. The number of esters is 1. The molecule has 1 aromatic carbocycles. The van der Waals surface area contributed by atoms with Crippen molar-refractivity contribution in [1.82, 2.24) is 0 Å². The summed E-state index contributed by atoms with van der Waals surface area (Å²) in [6.45, 7) is 4.06. The quantitative estimate of drug-likeness (QED) is 0.370. The molecule has 0 amide bonds. The molecule has 0 bridgehead atoms. The largest absolute Gasteiger partial charge is 0.462 e. The Kier molecular flexibility index (Phi) is 9.91. The zero-order chi connectivity index (χ0) is 16.9. The van der Waals surface area contributed by atoms with Gasteiger partial charge in [0.1, 0.15) is 6.61 Å². The first-order valence-corrected chi connectivity index (χ1v) is 8.72. The van der Waals surface area contributed by atoms with Crippen LogP contribution in [0, 0.1) is 6.92 Å². The first kappa shape index (κ1) is 19.3. The van der Waals surface area contributed by atoms with Gasteiger partial charge in [0.15, 0.2) is 11.1 Å². The Bertz CT molecular complexity index is 547. The number of allylic oxidation sites excluding steroid dienone is 2. The van der Waals surface area contributed by atoms with Crippen molar-refractivity contribution < 1.29 is 17.9 Å². The summed E-state index contributed by atoms with van der Waals surface area (Å²) in [5.41, 5.74) is 1.13. The third kappa shape index (κ3) is 9.81. The van der Waals surface area contributed by atoms with E-state index < -0.39 is 11.1 Å². The molecule has 1 aromatic rings. The summed E-state index contributed by atoms with van der Waals surface area (Å²) >= 11 is -1.41. The van der Waals surface area contributed by atoms with Gasteiger partial charge in [-0.05, 0) is 38.3 Å².